The number of nitrogens with one attached hydrogen (secondary N) is 4. The van der Waals surface area contributed by atoms with Crippen LogP contribution >= 0.6 is 11.6 Å². The summed E-state index contributed by atoms with van der Waals surface area (Å²) >= 11 is 6.24. The standard InChI is InChI=1S/C22H19F3N4O4.C21H19ClN4O4.2C20H15F3N4O3/c1-2-32-19-6-3-13(10-28-19)21(31)29-16-4-5-18(22(23,24)25)15(7-16)12-33-17-8-14(20(26)30)9-27-11-17;1-2-29-19-6-3-13(10-25-19)21(28)26-16-4-5-18(22)15(7-16)12-30-17-8-14(20(23)27)9-24-11-17;21-20(22,23)17-2-1-15(27-19(29)12-3-5-25-6-4-12)7-14(17)11-30-16-8-13(18(24)28)9-26-10-16;21-20(22,23)17-4-3-15(27-19(29)12-2-1-5-25-8-12)6-14(17)11-30-16-7-13(18(24)28)9-26-10-16/h3-11H,2,12H2,1H3,(H2,26,30)(H,29,31);3-11H,2,12H2,1H3,(H2,23,27)(H,26,28);2*1-10H,11H2,(H2,24,28)(H,27,29). The van der Waals surface area contributed by atoms with E-state index < -0.39 is 96.4 Å². The molecule has 8 heterocycles. The minimum Gasteiger partial charge on any atom is -0.487 e. The predicted molar refractivity (Wildman–Crippen MR) is 425 cm³/mol. The summed E-state index contributed by atoms with van der Waals surface area (Å²) in [6.45, 7) is 3.22. The summed E-state index contributed by atoms with van der Waals surface area (Å²) < 4.78 is 153. The Morgan fingerprint density at radius 1 is 0.317 bits per heavy atom. The van der Waals surface area contributed by atoms with E-state index in [4.69, 9.17) is 63.0 Å². The number of alkyl halides is 9. The maximum Gasteiger partial charge on any atom is 0.416 e. The van der Waals surface area contributed by atoms with Crippen LogP contribution in [0.3, 0.4) is 0 Å². The first kappa shape index (κ1) is 91.2. The molecule has 0 unspecified atom stereocenters. The molecule has 0 spiro atoms. The molecule has 0 aliphatic carbocycles. The molecule has 0 saturated carbocycles. The quantitative estimate of drug-likeness (QED) is 0.0211. The molecule has 8 aromatic heterocycles. The summed E-state index contributed by atoms with van der Waals surface area (Å²) in [4.78, 5) is 125. The van der Waals surface area contributed by atoms with Gasteiger partial charge in [-0.3, -0.25) is 68.3 Å². The largest absolute Gasteiger partial charge is 0.487 e. The van der Waals surface area contributed by atoms with Gasteiger partial charge in [0.2, 0.25) is 35.4 Å². The fourth-order valence-electron chi connectivity index (χ4n) is 10.4. The lowest BCUT2D eigenvalue weighted by molar-refractivity contribution is -0.139. The maximum absolute atomic E-state index is 13.5. The van der Waals surface area contributed by atoms with Gasteiger partial charge < -0.3 is 72.6 Å². The number of primary amides is 4. The van der Waals surface area contributed by atoms with Crippen LogP contribution in [0.1, 0.15) is 136 Å². The molecule has 40 heteroatoms. The number of nitrogens with zero attached hydrogens (tertiary/aromatic N) is 8. The Morgan fingerprint density at radius 3 is 0.911 bits per heavy atom. The van der Waals surface area contributed by atoms with E-state index in [0.29, 0.717) is 58.1 Å². The summed E-state index contributed by atoms with van der Waals surface area (Å²) in [5.41, 5.74) is 20.5. The minimum absolute atomic E-state index is 0.0496. The number of anilines is 4. The summed E-state index contributed by atoms with van der Waals surface area (Å²) in [6.07, 6.45) is 4.71. The van der Waals surface area contributed by atoms with E-state index in [1.807, 2.05) is 6.92 Å². The van der Waals surface area contributed by atoms with E-state index in [1.165, 1.54) is 153 Å². The first-order valence-corrected chi connectivity index (χ1v) is 36.1. The van der Waals surface area contributed by atoms with E-state index in [2.05, 4.69) is 61.1 Å². The fraction of sp³-hybridized carbons (Fsp3) is 0.133. The first-order chi connectivity index (χ1) is 58.6. The van der Waals surface area contributed by atoms with Gasteiger partial charge in [0, 0.05) is 130 Å². The van der Waals surface area contributed by atoms with Crippen molar-refractivity contribution >= 4 is 81.6 Å². The van der Waals surface area contributed by atoms with Crippen molar-refractivity contribution in [2.45, 2.75) is 58.8 Å². The number of rotatable bonds is 28. The van der Waals surface area contributed by atoms with Crippen molar-refractivity contribution in [3.63, 3.8) is 0 Å². The van der Waals surface area contributed by atoms with Gasteiger partial charge >= 0.3 is 18.5 Å². The molecule has 0 fully saturated rings. The van der Waals surface area contributed by atoms with Crippen molar-refractivity contribution in [2.75, 3.05) is 34.5 Å². The average Bonchev–Trinajstić information content (AvgIpc) is 0.818. The van der Waals surface area contributed by atoms with Crippen LogP contribution in [-0.4, -0.2) is 100 Å². The SMILES string of the molecule is CCOc1ccc(C(=O)Nc2ccc(C(F)(F)F)c(COc3cncc(C(N)=O)c3)c2)cn1.CCOc1ccc(C(=O)Nc2ccc(Cl)c(COc3cncc(C(N)=O)c3)c2)cn1.NC(=O)c1cncc(OCc2cc(NC(=O)c3cccnc3)ccc2C(F)(F)F)c1.NC(=O)c1cncc(OCc2cc(NC(=O)c3ccncc3)ccc2C(F)(F)F)c1. The lowest BCUT2D eigenvalue weighted by Gasteiger charge is -2.16. The Balaban J connectivity index is 0.000000186. The molecule has 123 heavy (non-hydrogen) atoms. The highest BCUT2D eigenvalue weighted by Gasteiger charge is 2.36. The summed E-state index contributed by atoms with van der Waals surface area (Å²) in [5.74, 6) is -3.36. The zero-order valence-corrected chi connectivity index (χ0v) is 64.8. The molecule has 12 N–H and O–H groups in total. The second kappa shape index (κ2) is 42.6. The molecule has 0 bridgehead atoms. The van der Waals surface area contributed by atoms with Gasteiger partial charge in [0.15, 0.2) is 0 Å². The number of pyridine rings is 8. The predicted octanol–water partition coefficient (Wildman–Crippen LogP) is 14.1. The lowest BCUT2D eigenvalue weighted by Crippen LogP contribution is -2.15. The zero-order valence-electron chi connectivity index (χ0n) is 64.1. The summed E-state index contributed by atoms with van der Waals surface area (Å²) in [6, 6.07) is 32.2. The minimum atomic E-state index is -4.65. The molecule has 8 amide bonds. The number of amides is 8. The number of ether oxygens (including phenoxy) is 6. The van der Waals surface area contributed by atoms with Gasteiger partial charge in [-0.15, -0.1) is 0 Å². The van der Waals surface area contributed by atoms with Gasteiger partial charge in [-0.2, -0.15) is 39.5 Å². The number of carbonyl (C=O) groups is 8. The number of carbonyl (C=O) groups excluding carboxylic acids is 8. The van der Waals surface area contributed by atoms with Gasteiger partial charge in [-0.05, 0) is 147 Å². The third-order valence-electron chi connectivity index (χ3n) is 16.3. The molecular weight excluding hydrogens is 1650 g/mol. The maximum atomic E-state index is 13.5. The second-order valence-corrected chi connectivity index (χ2v) is 25.5. The first-order valence-electron chi connectivity index (χ1n) is 35.7. The van der Waals surface area contributed by atoms with Crippen molar-refractivity contribution in [1.29, 1.82) is 0 Å². The van der Waals surface area contributed by atoms with Crippen LogP contribution < -0.4 is 72.6 Å². The third kappa shape index (κ3) is 27.7. The van der Waals surface area contributed by atoms with Crippen molar-refractivity contribution < 1.29 is 106 Å². The van der Waals surface area contributed by atoms with Crippen molar-refractivity contribution in [3.8, 4) is 34.8 Å². The molecule has 0 aliphatic rings. The average molecular weight is 1720 g/mol. The van der Waals surface area contributed by atoms with Gasteiger partial charge in [0.25, 0.3) is 23.6 Å². The van der Waals surface area contributed by atoms with Crippen LogP contribution in [0, 0.1) is 0 Å². The number of nitrogens with two attached hydrogens (primary N) is 4. The van der Waals surface area contributed by atoms with Gasteiger partial charge in [-0.25, -0.2) is 9.97 Å². The zero-order chi connectivity index (χ0) is 89.0. The Morgan fingerprint density at radius 2 is 0.618 bits per heavy atom. The molecular formula is C83H68ClF9N16O14. The number of benzene rings is 4. The van der Waals surface area contributed by atoms with Crippen LogP contribution in [0.25, 0.3) is 0 Å². The fourth-order valence-corrected chi connectivity index (χ4v) is 10.6. The summed E-state index contributed by atoms with van der Waals surface area (Å²) in [5, 5.41) is 10.9. The lowest BCUT2D eigenvalue weighted by atomic mass is 10.1. The molecule has 0 saturated heterocycles. The van der Waals surface area contributed by atoms with E-state index in [9.17, 15) is 77.9 Å². The molecule has 0 atom stereocenters. The van der Waals surface area contributed by atoms with Crippen LogP contribution in [0.4, 0.5) is 62.3 Å². The Labute approximate surface area is 696 Å². The van der Waals surface area contributed by atoms with Crippen molar-refractivity contribution in [1.82, 2.24) is 39.9 Å². The van der Waals surface area contributed by atoms with Crippen molar-refractivity contribution in [2.24, 2.45) is 22.9 Å². The van der Waals surface area contributed by atoms with E-state index in [1.54, 1.807) is 43.3 Å². The highest BCUT2D eigenvalue weighted by Crippen LogP contribution is 2.38. The highest BCUT2D eigenvalue weighted by atomic mass is 35.5. The van der Waals surface area contributed by atoms with Gasteiger partial charge in [-0.1, -0.05) is 11.6 Å². The summed E-state index contributed by atoms with van der Waals surface area (Å²) in [7, 11) is 0. The highest BCUT2D eigenvalue weighted by molar-refractivity contribution is 6.31. The number of hydrogen-bond acceptors (Lipinski definition) is 22. The number of hydrogen-bond donors (Lipinski definition) is 8. The topological polar surface area (TPSA) is 447 Å². The monoisotopic (exact) mass is 1720 g/mol. The van der Waals surface area contributed by atoms with Gasteiger partial charge in [0.1, 0.15) is 49.4 Å². The van der Waals surface area contributed by atoms with Gasteiger partial charge in [0.05, 0.1) is 93.6 Å². The Bertz CT molecular complexity index is 5580. The van der Waals surface area contributed by atoms with Crippen LogP contribution in [0.5, 0.6) is 34.8 Å². The smallest absolute Gasteiger partial charge is 0.416 e. The molecule has 0 radical (unpaired) electrons. The molecule has 634 valence electrons. The number of aromatic nitrogens is 8. The van der Waals surface area contributed by atoms with E-state index in [-0.39, 0.29) is 96.9 Å². The van der Waals surface area contributed by atoms with Crippen LogP contribution in [0.2, 0.25) is 5.02 Å². The van der Waals surface area contributed by atoms with Crippen LogP contribution in [0.15, 0.2) is 232 Å². The molecule has 0 aliphatic heterocycles. The Hall–Kier alpha value is -15.7. The second-order valence-electron chi connectivity index (χ2n) is 25.1. The van der Waals surface area contributed by atoms with Crippen molar-refractivity contribution in [3.05, 3.63) is 321 Å². The van der Waals surface area contributed by atoms with Crippen LogP contribution in [-0.2, 0) is 45.0 Å². The molecule has 4 aromatic carbocycles. The van der Waals surface area contributed by atoms with E-state index >= 15 is 0 Å². The number of halogens is 10. The van der Waals surface area contributed by atoms with E-state index in [0.717, 1.165) is 42.5 Å². The third-order valence-corrected chi connectivity index (χ3v) is 16.7. The normalized spacial score (nSPS) is 10.9. The molecule has 30 nitrogen and oxygen atoms in total. The Kier molecular flexibility index (Phi) is 31.6. The molecule has 12 rings (SSSR count). The molecule has 12 aromatic rings.